The molecule has 0 saturated heterocycles. The lowest BCUT2D eigenvalue weighted by Crippen LogP contribution is -2.34. The minimum absolute atomic E-state index is 0.273. The summed E-state index contributed by atoms with van der Waals surface area (Å²) in [6, 6.07) is 7.14. The molecule has 0 aromatic heterocycles. The molecule has 0 heterocycles. The molecule has 0 amide bonds. The molecule has 2 aliphatic carbocycles. The summed E-state index contributed by atoms with van der Waals surface area (Å²) in [6.07, 6.45) is 12.5. The molecule has 3 rings (SSSR count). The molecule has 0 bridgehead atoms. The molecule has 1 aromatic carbocycles. The Morgan fingerprint density at radius 1 is 0.913 bits per heavy atom. The third-order valence-corrected chi connectivity index (χ3v) is 6.52. The number of rotatable bonds is 4. The van der Waals surface area contributed by atoms with Gasteiger partial charge in [0.1, 0.15) is 5.75 Å². The second-order valence-electron chi connectivity index (χ2n) is 7.99. The maximum Gasteiger partial charge on any atom is 0.115 e. The van der Waals surface area contributed by atoms with Gasteiger partial charge in [0, 0.05) is 0 Å². The maximum absolute atomic E-state index is 11.0. The Kier molecular flexibility index (Phi) is 5.31. The molecule has 128 valence electrons. The number of aromatic hydroxyl groups is 1. The molecule has 0 unspecified atom stereocenters. The Bertz CT molecular complexity index is 477. The fourth-order valence-corrected chi connectivity index (χ4v) is 5.01. The van der Waals surface area contributed by atoms with Crippen LogP contribution >= 0.6 is 0 Å². The lowest BCUT2D eigenvalue weighted by atomic mass is 9.66. The van der Waals surface area contributed by atoms with Crippen LogP contribution in [-0.2, 0) is 5.60 Å². The number of benzene rings is 1. The topological polar surface area (TPSA) is 40.5 Å². The van der Waals surface area contributed by atoms with Crippen molar-refractivity contribution in [3.63, 3.8) is 0 Å². The van der Waals surface area contributed by atoms with Crippen molar-refractivity contribution in [2.45, 2.75) is 76.7 Å². The number of aliphatic hydroxyl groups is 1. The number of hydrogen-bond donors (Lipinski definition) is 2. The van der Waals surface area contributed by atoms with Crippen molar-refractivity contribution in [2.75, 3.05) is 0 Å². The minimum Gasteiger partial charge on any atom is -0.508 e. The van der Waals surface area contributed by atoms with Crippen molar-refractivity contribution >= 4 is 0 Å². The van der Waals surface area contributed by atoms with Crippen molar-refractivity contribution in [1.29, 1.82) is 0 Å². The highest BCUT2D eigenvalue weighted by molar-refractivity contribution is 5.30. The quantitative estimate of drug-likeness (QED) is 0.783. The van der Waals surface area contributed by atoms with Crippen molar-refractivity contribution < 1.29 is 10.2 Å². The first-order valence-electron chi connectivity index (χ1n) is 9.62. The summed E-state index contributed by atoms with van der Waals surface area (Å²) >= 11 is 0. The van der Waals surface area contributed by atoms with E-state index in [2.05, 4.69) is 6.92 Å². The predicted molar refractivity (Wildman–Crippen MR) is 94.3 cm³/mol. The summed E-state index contributed by atoms with van der Waals surface area (Å²) in [7, 11) is 0. The van der Waals surface area contributed by atoms with Crippen LogP contribution in [0.5, 0.6) is 5.75 Å². The van der Waals surface area contributed by atoms with E-state index in [1.54, 1.807) is 12.1 Å². The van der Waals surface area contributed by atoms with Crippen molar-refractivity contribution in [3.8, 4) is 5.75 Å². The van der Waals surface area contributed by atoms with E-state index in [0.29, 0.717) is 0 Å². The predicted octanol–water partition coefficient (Wildman–Crippen LogP) is 5.38. The molecule has 0 aliphatic heterocycles. The maximum atomic E-state index is 11.0. The molecule has 0 spiro atoms. The standard InChI is InChI=1S/C21H32O2/c1-2-3-16-4-6-17(7-5-16)18-12-14-21(23,15-13-18)19-8-10-20(22)11-9-19/h8-11,16-18,22-23H,2-7,12-15H2,1H3. The Balaban J connectivity index is 1.53. The second-order valence-corrected chi connectivity index (χ2v) is 7.99. The molecule has 2 heteroatoms. The Labute approximate surface area is 140 Å². The number of phenols is 1. The van der Waals surface area contributed by atoms with Gasteiger partial charge < -0.3 is 10.2 Å². The minimum atomic E-state index is -0.677. The molecule has 0 atom stereocenters. The third-order valence-electron chi connectivity index (χ3n) is 6.52. The van der Waals surface area contributed by atoms with Crippen molar-refractivity contribution in [3.05, 3.63) is 29.8 Å². The van der Waals surface area contributed by atoms with Gasteiger partial charge in [0.25, 0.3) is 0 Å². The van der Waals surface area contributed by atoms with Crippen LogP contribution in [-0.4, -0.2) is 10.2 Å². The summed E-state index contributed by atoms with van der Waals surface area (Å²) in [5.74, 6) is 2.96. The van der Waals surface area contributed by atoms with Crippen LogP contribution in [0.25, 0.3) is 0 Å². The average Bonchev–Trinajstić information content (AvgIpc) is 2.57. The van der Waals surface area contributed by atoms with E-state index >= 15 is 0 Å². The largest absolute Gasteiger partial charge is 0.508 e. The van der Waals surface area contributed by atoms with E-state index in [-0.39, 0.29) is 5.75 Å². The molecule has 2 saturated carbocycles. The van der Waals surface area contributed by atoms with Gasteiger partial charge in [0.2, 0.25) is 0 Å². The highest BCUT2D eigenvalue weighted by Gasteiger charge is 2.38. The summed E-state index contributed by atoms with van der Waals surface area (Å²) in [4.78, 5) is 0. The number of phenolic OH excluding ortho intramolecular Hbond substituents is 1. The monoisotopic (exact) mass is 316 g/mol. The normalized spacial score (nSPS) is 35.1. The second kappa shape index (κ2) is 7.25. The van der Waals surface area contributed by atoms with Gasteiger partial charge >= 0.3 is 0 Å². The summed E-state index contributed by atoms with van der Waals surface area (Å²) < 4.78 is 0. The zero-order valence-electron chi connectivity index (χ0n) is 14.5. The fraction of sp³-hybridized carbons (Fsp3) is 0.714. The summed E-state index contributed by atoms with van der Waals surface area (Å²) in [5.41, 5.74) is 0.296. The summed E-state index contributed by atoms with van der Waals surface area (Å²) in [5, 5.41) is 20.4. The summed E-state index contributed by atoms with van der Waals surface area (Å²) in [6.45, 7) is 2.30. The van der Waals surface area contributed by atoms with Gasteiger partial charge in [-0.2, -0.15) is 0 Å². The average molecular weight is 316 g/mol. The first kappa shape index (κ1) is 16.8. The van der Waals surface area contributed by atoms with E-state index in [0.717, 1.165) is 49.0 Å². The van der Waals surface area contributed by atoms with E-state index in [4.69, 9.17) is 0 Å². The van der Waals surface area contributed by atoms with Crippen LogP contribution in [0.1, 0.15) is 76.7 Å². The smallest absolute Gasteiger partial charge is 0.115 e. The Morgan fingerprint density at radius 3 is 2.04 bits per heavy atom. The fourth-order valence-electron chi connectivity index (χ4n) is 5.01. The van der Waals surface area contributed by atoms with Gasteiger partial charge in [-0.1, -0.05) is 44.7 Å². The lowest BCUT2D eigenvalue weighted by molar-refractivity contribution is -0.0260. The highest BCUT2D eigenvalue weighted by atomic mass is 16.3. The van der Waals surface area contributed by atoms with Crippen LogP contribution in [0, 0.1) is 17.8 Å². The van der Waals surface area contributed by atoms with Crippen LogP contribution in [0.3, 0.4) is 0 Å². The highest BCUT2D eigenvalue weighted by Crippen LogP contribution is 2.46. The molecule has 2 N–H and O–H groups in total. The van der Waals surface area contributed by atoms with Gasteiger partial charge in [-0.15, -0.1) is 0 Å². The molecule has 2 fully saturated rings. The Hall–Kier alpha value is -1.02. The van der Waals surface area contributed by atoms with Crippen molar-refractivity contribution in [1.82, 2.24) is 0 Å². The van der Waals surface area contributed by atoms with Crippen LogP contribution in [0.4, 0.5) is 0 Å². The molecule has 0 radical (unpaired) electrons. The van der Waals surface area contributed by atoms with Crippen LogP contribution in [0.15, 0.2) is 24.3 Å². The third kappa shape index (κ3) is 3.91. The van der Waals surface area contributed by atoms with Crippen LogP contribution < -0.4 is 0 Å². The lowest BCUT2D eigenvalue weighted by Gasteiger charge is -2.41. The zero-order chi connectivity index (χ0) is 16.3. The Morgan fingerprint density at radius 2 is 1.48 bits per heavy atom. The SMILES string of the molecule is CCCC1CCC(C2CCC(O)(c3ccc(O)cc3)CC2)CC1. The van der Waals surface area contributed by atoms with Gasteiger partial charge in [-0.3, -0.25) is 0 Å². The molecule has 23 heavy (non-hydrogen) atoms. The number of hydrogen-bond acceptors (Lipinski definition) is 2. The first-order chi connectivity index (χ1) is 11.1. The molecular formula is C21H32O2. The van der Waals surface area contributed by atoms with Gasteiger partial charge in [-0.25, -0.2) is 0 Å². The van der Waals surface area contributed by atoms with Gasteiger partial charge in [0.15, 0.2) is 0 Å². The molecule has 2 aliphatic rings. The zero-order valence-corrected chi connectivity index (χ0v) is 14.5. The van der Waals surface area contributed by atoms with E-state index < -0.39 is 5.60 Å². The van der Waals surface area contributed by atoms with Crippen molar-refractivity contribution in [2.24, 2.45) is 17.8 Å². The first-order valence-corrected chi connectivity index (χ1v) is 9.62. The van der Waals surface area contributed by atoms with E-state index in [9.17, 15) is 10.2 Å². The van der Waals surface area contributed by atoms with Crippen LogP contribution in [0.2, 0.25) is 0 Å². The van der Waals surface area contributed by atoms with Gasteiger partial charge in [0.05, 0.1) is 5.60 Å². The van der Waals surface area contributed by atoms with E-state index in [1.165, 1.54) is 38.5 Å². The molecule has 1 aromatic rings. The molecular weight excluding hydrogens is 284 g/mol. The van der Waals surface area contributed by atoms with E-state index in [1.807, 2.05) is 12.1 Å². The van der Waals surface area contributed by atoms with Gasteiger partial charge in [-0.05, 0) is 74.0 Å². The molecule has 2 nitrogen and oxygen atoms in total.